The van der Waals surface area contributed by atoms with Gasteiger partial charge in [0.1, 0.15) is 11.0 Å². The van der Waals surface area contributed by atoms with Crippen LogP contribution in [0.25, 0.3) is 5.69 Å². The summed E-state index contributed by atoms with van der Waals surface area (Å²) in [5.74, 6) is -0.739. The molecular weight excluding hydrogens is 361 g/mol. The Morgan fingerprint density at radius 3 is 2.69 bits per heavy atom. The van der Waals surface area contributed by atoms with Crippen LogP contribution in [0.1, 0.15) is 11.3 Å². The number of sulfonamides is 1. The molecule has 0 amide bonds. The highest BCUT2D eigenvalue weighted by atomic mass is 32.2. The maximum Gasteiger partial charge on any atom is 0.264 e. The molecule has 2 aromatic heterocycles. The SMILES string of the molecule is Cc1ncc(S(=O)(=O)Nc2ccc(-n3ccc(=O)[nH]3)c(F)c2)cc1C#N. The predicted molar refractivity (Wildman–Crippen MR) is 90.8 cm³/mol. The zero-order valence-corrected chi connectivity index (χ0v) is 14.2. The summed E-state index contributed by atoms with van der Waals surface area (Å²) in [6, 6.07) is 7.93. The van der Waals surface area contributed by atoms with Gasteiger partial charge in [0.05, 0.1) is 22.6 Å². The second-order valence-electron chi connectivity index (χ2n) is 5.35. The summed E-state index contributed by atoms with van der Waals surface area (Å²) in [5, 5.41) is 11.4. The lowest BCUT2D eigenvalue weighted by Crippen LogP contribution is -2.14. The van der Waals surface area contributed by atoms with Crippen LogP contribution in [0.15, 0.2) is 52.4 Å². The van der Waals surface area contributed by atoms with Gasteiger partial charge in [0, 0.05) is 24.5 Å². The smallest absolute Gasteiger partial charge is 0.264 e. The fourth-order valence-electron chi connectivity index (χ4n) is 2.23. The number of aromatic nitrogens is 3. The molecule has 0 aliphatic rings. The van der Waals surface area contributed by atoms with Crippen molar-refractivity contribution < 1.29 is 12.8 Å². The first-order valence-corrected chi connectivity index (χ1v) is 8.75. The molecule has 2 heterocycles. The number of rotatable bonds is 4. The number of halogens is 1. The number of hydrogen-bond acceptors (Lipinski definition) is 5. The lowest BCUT2D eigenvalue weighted by Gasteiger charge is -2.10. The van der Waals surface area contributed by atoms with Crippen LogP contribution in [-0.2, 0) is 10.0 Å². The average molecular weight is 373 g/mol. The van der Waals surface area contributed by atoms with E-state index in [2.05, 4.69) is 14.8 Å². The van der Waals surface area contributed by atoms with E-state index in [1.54, 1.807) is 6.92 Å². The molecular formula is C16H12FN5O3S. The van der Waals surface area contributed by atoms with Gasteiger partial charge in [0.2, 0.25) is 0 Å². The summed E-state index contributed by atoms with van der Waals surface area (Å²) in [7, 11) is -4.05. The normalized spacial score (nSPS) is 11.1. The van der Waals surface area contributed by atoms with Crippen molar-refractivity contribution in [2.75, 3.05) is 4.72 Å². The van der Waals surface area contributed by atoms with Gasteiger partial charge in [-0.3, -0.25) is 24.3 Å². The Hall–Kier alpha value is -3.45. The van der Waals surface area contributed by atoms with Gasteiger partial charge in [-0.2, -0.15) is 5.26 Å². The number of H-pyrrole nitrogens is 1. The van der Waals surface area contributed by atoms with Gasteiger partial charge in [-0.15, -0.1) is 0 Å². The standard InChI is InChI=1S/C16H12FN5O3S/c1-10-11(8-18)6-13(9-19-10)26(24,25)21-12-2-3-15(14(17)7-12)22-5-4-16(23)20-22/h2-7,9,21H,1H3,(H,20,23). The zero-order chi connectivity index (χ0) is 18.9. The maximum atomic E-state index is 14.3. The largest absolute Gasteiger partial charge is 0.279 e. The van der Waals surface area contributed by atoms with Crippen molar-refractivity contribution in [3.05, 3.63) is 70.2 Å². The van der Waals surface area contributed by atoms with E-state index in [9.17, 15) is 17.6 Å². The Labute approximate surface area is 147 Å². The van der Waals surface area contributed by atoms with Crippen molar-refractivity contribution >= 4 is 15.7 Å². The zero-order valence-electron chi connectivity index (χ0n) is 13.4. The van der Waals surface area contributed by atoms with Crippen molar-refractivity contribution in [1.29, 1.82) is 5.26 Å². The van der Waals surface area contributed by atoms with Crippen LogP contribution in [0.2, 0.25) is 0 Å². The number of pyridine rings is 1. The van der Waals surface area contributed by atoms with E-state index in [0.717, 1.165) is 12.3 Å². The van der Waals surface area contributed by atoms with Crippen LogP contribution in [0.3, 0.4) is 0 Å². The van der Waals surface area contributed by atoms with Crippen LogP contribution >= 0.6 is 0 Å². The first-order valence-electron chi connectivity index (χ1n) is 7.27. The summed E-state index contributed by atoms with van der Waals surface area (Å²) in [4.78, 5) is 14.8. The third kappa shape index (κ3) is 3.33. The molecule has 0 unspecified atom stereocenters. The van der Waals surface area contributed by atoms with Gasteiger partial charge >= 0.3 is 0 Å². The van der Waals surface area contributed by atoms with Crippen molar-refractivity contribution in [2.45, 2.75) is 11.8 Å². The molecule has 0 bridgehead atoms. The molecule has 0 saturated heterocycles. The molecule has 0 spiro atoms. The van der Waals surface area contributed by atoms with Crippen LogP contribution in [0, 0.1) is 24.1 Å². The Morgan fingerprint density at radius 1 is 1.31 bits per heavy atom. The number of nitrogens with zero attached hydrogens (tertiary/aromatic N) is 3. The summed E-state index contributed by atoms with van der Waals surface area (Å²) in [6.07, 6.45) is 2.47. The molecule has 10 heteroatoms. The molecule has 0 aliphatic heterocycles. The maximum absolute atomic E-state index is 14.3. The third-order valence-electron chi connectivity index (χ3n) is 3.56. The van der Waals surface area contributed by atoms with Crippen LogP contribution < -0.4 is 10.3 Å². The molecule has 2 N–H and O–H groups in total. The van der Waals surface area contributed by atoms with Crippen LogP contribution in [0.4, 0.5) is 10.1 Å². The van der Waals surface area contributed by atoms with Gasteiger partial charge in [0.25, 0.3) is 15.6 Å². The monoisotopic (exact) mass is 373 g/mol. The number of aryl methyl sites for hydroxylation is 1. The van der Waals surface area contributed by atoms with Crippen molar-refractivity contribution in [2.24, 2.45) is 0 Å². The third-order valence-corrected chi connectivity index (χ3v) is 4.91. The van der Waals surface area contributed by atoms with Crippen molar-refractivity contribution in [1.82, 2.24) is 14.8 Å². The van der Waals surface area contributed by atoms with E-state index in [-0.39, 0.29) is 21.8 Å². The van der Waals surface area contributed by atoms with E-state index >= 15 is 0 Å². The summed E-state index contributed by atoms with van der Waals surface area (Å²) in [6.45, 7) is 1.59. The van der Waals surface area contributed by atoms with Gasteiger partial charge in [-0.1, -0.05) is 0 Å². The van der Waals surface area contributed by atoms with Crippen molar-refractivity contribution in [3.63, 3.8) is 0 Å². The lowest BCUT2D eigenvalue weighted by atomic mass is 10.2. The van der Waals surface area contributed by atoms with Crippen LogP contribution in [0.5, 0.6) is 0 Å². The number of aromatic amines is 1. The molecule has 0 fully saturated rings. The highest BCUT2D eigenvalue weighted by Gasteiger charge is 2.17. The highest BCUT2D eigenvalue weighted by Crippen LogP contribution is 2.21. The Morgan fingerprint density at radius 2 is 2.08 bits per heavy atom. The van der Waals surface area contributed by atoms with E-state index in [0.29, 0.717) is 5.69 Å². The van der Waals surface area contributed by atoms with E-state index in [1.807, 2.05) is 6.07 Å². The minimum Gasteiger partial charge on any atom is -0.279 e. The highest BCUT2D eigenvalue weighted by molar-refractivity contribution is 7.92. The first-order chi connectivity index (χ1) is 12.3. The number of hydrogen-bond donors (Lipinski definition) is 2. The molecule has 132 valence electrons. The van der Waals surface area contributed by atoms with Gasteiger partial charge in [0.15, 0.2) is 5.82 Å². The van der Waals surface area contributed by atoms with Crippen LogP contribution in [-0.4, -0.2) is 23.2 Å². The summed E-state index contributed by atoms with van der Waals surface area (Å²) < 4.78 is 42.5. The minimum atomic E-state index is -4.05. The number of anilines is 1. The van der Waals surface area contributed by atoms with Gasteiger partial charge in [-0.25, -0.2) is 12.8 Å². The van der Waals surface area contributed by atoms with Gasteiger partial charge in [-0.05, 0) is 25.1 Å². The fourth-order valence-corrected chi connectivity index (χ4v) is 3.25. The van der Waals surface area contributed by atoms with E-state index < -0.39 is 21.4 Å². The average Bonchev–Trinajstić information content (AvgIpc) is 3.01. The molecule has 0 saturated carbocycles. The van der Waals surface area contributed by atoms with E-state index in [4.69, 9.17) is 5.26 Å². The molecule has 1 aromatic carbocycles. The molecule has 0 radical (unpaired) electrons. The van der Waals surface area contributed by atoms with Gasteiger partial charge < -0.3 is 0 Å². The fraction of sp³-hybridized carbons (Fsp3) is 0.0625. The Bertz CT molecular complexity index is 1190. The first kappa shape index (κ1) is 17.4. The molecule has 3 rings (SSSR count). The Kier molecular flexibility index (Phi) is 4.31. The molecule has 0 aliphatic carbocycles. The second kappa shape index (κ2) is 6.45. The number of nitrogens with one attached hydrogen (secondary N) is 2. The molecule has 8 nitrogen and oxygen atoms in total. The number of nitriles is 1. The van der Waals surface area contributed by atoms with E-state index in [1.165, 1.54) is 35.1 Å². The van der Waals surface area contributed by atoms with Crippen molar-refractivity contribution in [3.8, 4) is 11.8 Å². The topological polar surface area (TPSA) is 121 Å². The summed E-state index contributed by atoms with van der Waals surface area (Å²) >= 11 is 0. The predicted octanol–water partition coefficient (Wildman–Crippen LogP) is 1.68. The summed E-state index contributed by atoms with van der Waals surface area (Å²) in [5.41, 5.74) is 0.182. The quantitative estimate of drug-likeness (QED) is 0.721. The number of benzene rings is 1. The lowest BCUT2D eigenvalue weighted by molar-refractivity contribution is 0.600. The second-order valence-corrected chi connectivity index (χ2v) is 7.03. The molecule has 26 heavy (non-hydrogen) atoms. The molecule has 0 atom stereocenters. The Balaban J connectivity index is 1.92. The molecule has 3 aromatic rings. The minimum absolute atomic E-state index is 0.0140.